The van der Waals surface area contributed by atoms with Crippen molar-refractivity contribution in [2.24, 2.45) is 5.92 Å². The number of rotatable bonds is 5. The van der Waals surface area contributed by atoms with E-state index in [0.29, 0.717) is 5.92 Å². The van der Waals surface area contributed by atoms with Crippen molar-refractivity contribution in [3.05, 3.63) is 18.5 Å². The second-order valence-electron chi connectivity index (χ2n) is 5.29. The highest BCUT2D eigenvalue weighted by atomic mass is 16.5. The van der Waals surface area contributed by atoms with Crippen LogP contribution in [0.5, 0.6) is 5.75 Å². The fourth-order valence-corrected chi connectivity index (χ4v) is 2.12. The molecule has 0 radical (unpaired) electrons. The van der Waals surface area contributed by atoms with E-state index in [9.17, 15) is 0 Å². The van der Waals surface area contributed by atoms with Crippen LogP contribution in [0.2, 0.25) is 0 Å². The number of ether oxygens (including phenoxy) is 1. The molecule has 1 atom stereocenters. The predicted octanol–water partition coefficient (Wildman–Crippen LogP) is 2.31. The minimum Gasteiger partial charge on any atom is -0.492 e. The quantitative estimate of drug-likeness (QED) is 0.884. The Morgan fingerprint density at radius 3 is 3.11 bits per heavy atom. The number of nitrogens with one attached hydrogen (secondary N) is 1. The number of nitrogens with zero attached hydrogens (tertiary/aromatic N) is 2. The van der Waals surface area contributed by atoms with Gasteiger partial charge in [0, 0.05) is 25.7 Å². The molecule has 0 aliphatic carbocycles. The normalized spacial score (nSPS) is 17.9. The Hall–Kier alpha value is -1.29. The summed E-state index contributed by atoms with van der Waals surface area (Å²) >= 11 is 0. The Bertz CT molecular complexity index is 375. The van der Waals surface area contributed by atoms with E-state index in [1.807, 2.05) is 12.4 Å². The van der Waals surface area contributed by atoms with E-state index in [1.165, 1.54) is 12.1 Å². The lowest BCUT2D eigenvalue weighted by Gasteiger charge is -2.22. The van der Waals surface area contributed by atoms with Gasteiger partial charge < -0.3 is 15.0 Å². The lowest BCUT2D eigenvalue weighted by atomic mass is 10.1. The second-order valence-corrected chi connectivity index (χ2v) is 5.29. The molecule has 19 heavy (non-hydrogen) atoms. The van der Waals surface area contributed by atoms with Crippen molar-refractivity contribution in [3.63, 3.8) is 0 Å². The van der Waals surface area contributed by atoms with Crippen LogP contribution in [0.4, 0.5) is 5.69 Å². The molecule has 1 aliphatic rings. The van der Waals surface area contributed by atoms with Crippen molar-refractivity contribution in [2.75, 3.05) is 37.7 Å². The van der Waals surface area contributed by atoms with E-state index in [1.54, 1.807) is 0 Å². The van der Waals surface area contributed by atoms with Crippen molar-refractivity contribution in [3.8, 4) is 5.75 Å². The monoisotopic (exact) mass is 263 g/mol. The van der Waals surface area contributed by atoms with Crippen molar-refractivity contribution >= 4 is 5.69 Å². The Balaban J connectivity index is 1.97. The highest BCUT2D eigenvalue weighted by Gasteiger charge is 2.10. The molecule has 0 bridgehead atoms. The lowest BCUT2D eigenvalue weighted by molar-refractivity contribution is 0.256. The van der Waals surface area contributed by atoms with E-state index in [4.69, 9.17) is 4.74 Å². The minimum atomic E-state index is 0.589. The summed E-state index contributed by atoms with van der Waals surface area (Å²) < 4.78 is 5.82. The van der Waals surface area contributed by atoms with Gasteiger partial charge in [-0.3, -0.25) is 4.98 Å². The van der Waals surface area contributed by atoms with E-state index in [2.05, 4.69) is 35.1 Å². The van der Waals surface area contributed by atoms with Crippen molar-refractivity contribution in [1.82, 2.24) is 10.3 Å². The molecule has 1 aromatic rings. The van der Waals surface area contributed by atoms with Crippen LogP contribution in [0.3, 0.4) is 0 Å². The maximum atomic E-state index is 5.82. The Labute approximate surface area is 116 Å². The van der Waals surface area contributed by atoms with Gasteiger partial charge in [0.05, 0.1) is 24.7 Å². The maximum absolute atomic E-state index is 5.82. The van der Waals surface area contributed by atoms with E-state index >= 15 is 0 Å². The topological polar surface area (TPSA) is 37.4 Å². The number of hydrogen-bond donors (Lipinski definition) is 1. The molecule has 1 fully saturated rings. The predicted molar refractivity (Wildman–Crippen MR) is 78.9 cm³/mol. The van der Waals surface area contributed by atoms with Gasteiger partial charge in [-0.2, -0.15) is 0 Å². The average molecular weight is 263 g/mol. The molecular weight excluding hydrogens is 238 g/mol. The summed E-state index contributed by atoms with van der Waals surface area (Å²) in [7, 11) is 0. The van der Waals surface area contributed by atoms with Gasteiger partial charge in [0.15, 0.2) is 0 Å². The van der Waals surface area contributed by atoms with Gasteiger partial charge in [-0.05, 0) is 18.9 Å². The first-order valence-electron chi connectivity index (χ1n) is 7.33. The first kappa shape index (κ1) is 14.1. The van der Waals surface area contributed by atoms with Crippen molar-refractivity contribution in [1.29, 1.82) is 0 Å². The molecule has 0 saturated carbocycles. The van der Waals surface area contributed by atoms with E-state index < -0.39 is 0 Å². The molecule has 1 aliphatic heterocycles. The third-order valence-electron chi connectivity index (χ3n) is 3.64. The SMILES string of the molecule is CCC(C)COc1cncc(N2CCCNCC2)c1. The number of aromatic nitrogens is 1. The summed E-state index contributed by atoms with van der Waals surface area (Å²) in [5.74, 6) is 1.47. The third-order valence-corrected chi connectivity index (χ3v) is 3.64. The fraction of sp³-hybridized carbons (Fsp3) is 0.667. The van der Waals surface area contributed by atoms with Crippen LogP contribution in [0.1, 0.15) is 26.7 Å². The van der Waals surface area contributed by atoms with Gasteiger partial charge in [-0.25, -0.2) is 0 Å². The Morgan fingerprint density at radius 1 is 1.37 bits per heavy atom. The summed E-state index contributed by atoms with van der Waals surface area (Å²) in [6.45, 7) is 9.43. The van der Waals surface area contributed by atoms with Gasteiger partial charge in [-0.1, -0.05) is 20.3 Å². The molecule has 4 nitrogen and oxygen atoms in total. The van der Waals surface area contributed by atoms with Gasteiger partial charge >= 0.3 is 0 Å². The van der Waals surface area contributed by atoms with Gasteiger partial charge in [0.25, 0.3) is 0 Å². The molecule has 2 rings (SSSR count). The summed E-state index contributed by atoms with van der Waals surface area (Å²) in [6, 6.07) is 2.11. The van der Waals surface area contributed by atoms with Gasteiger partial charge in [0.2, 0.25) is 0 Å². The van der Waals surface area contributed by atoms with Gasteiger partial charge in [0.1, 0.15) is 5.75 Å². The van der Waals surface area contributed by atoms with Crippen LogP contribution in [0, 0.1) is 5.92 Å². The second kappa shape index (κ2) is 7.34. The minimum absolute atomic E-state index is 0.589. The first-order valence-corrected chi connectivity index (χ1v) is 7.33. The zero-order valence-electron chi connectivity index (χ0n) is 12.1. The lowest BCUT2D eigenvalue weighted by Crippen LogP contribution is -2.27. The van der Waals surface area contributed by atoms with Crippen LogP contribution < -0.4 is 15.0 Å². The molecule has 1 aromatic heterocycles. The molecule has 106 valence electrons. The average Bonchev–Trinajstić information content (AvgIpc) is 2.74. The van der Waals surface area contributed by atoms with Crippen LogP contribution in [-0.2, 0) is 0 Å². The Kier molecular flexibility index (Phi) is 5.45. The zero-order chi connectivity index (χ0) is 13.5. The van der Waals surface area contributed by atoms with Crippen molar-refractivity contribution in [2.45, 2.75) is 26.7 Å². The van der Waals surface area contributed by atoms with Crippen molar-refractivity contribution < 1.29 is 4.74 Å². The smallest absolute Gasteiger partial charge is 0.139 e. The molecule has 1 N–H and O–H groups in total. The summed E-state index contributed by atoms with van der Waals surface area (Å²) in [4.78, 5) is 6.69. The summed E-state index contributed by atoms with van der Waals surface area (Å²) in [6.07, 6.45) is 6.06. The molecule has 0 amide bonds. The highest BCUT2D eigenvalue weighted by molar-refractivity contribution is 5.48. The molecule has 0 spiro atoms. The van der Waals surface area contributed by atoms with E-state index in [-0.39, 0.29) is 0 Å². The zero-order valence-corrected chi connectivity index (χ0v) is 12.1. The number of anilines is 1. The largest absolute Gasteiger partial charge is 0.492 e. The van der Waals surface area contributed by atoms with Crippen LogP contribution in [0.25, 0.3) is 0 Å². The van der Waals surface area contributed by atoms with Crippen LogP contribution in [-0.4, -0.2) is 37.8 Å². The summed E-state index contributed by atoms with van der Waals surface area (Å²) in [5.41, 5.74) is 1.17. The third kappa shape index (κ3) is 4.39. The number of pyridine rings is 1. The molecule has 1 unspecified atom stereocenters. The Morgan fingerprint density at radius 2 is 2.26 bits per heavy atom. The molecule has 4 heteroatoms. The number of hydrogen-bond acceptors (Lipinski definition) is 4. The molecule has 1 saturated heterocycles. The molecule has 0 aromatic carbocycles. The van der Waals surface area contributed by atoms with Crippen LogP contribution >= 0.6 is 0 Å². The van der Waals surface area contributed by atoms with Gasteiger partial charge in [-0.15, -0.1) is 0 Å². The summed E-state index contributed by atoms with van der Waals surface area (Å²) in [5, 5.41) is 3.42. The first-order chi connectivity index (χ1) is 9.29. The highest BCUT2D eigenvalue weighted by Crippen LogP contribution is 2.20. The standard InChI is InChI=1S/C15H25N3O/c1-3-13(2)12-19-15-9-14(10-17-11-15)18-7-4-5-16-6-8-18/h9-11,13,16H,3-8,12H2,1-2H3. The molecular formula is C15H25N3O. The van der Waals surface area contributed by atoms with E-state index in [0.717, 1.165) is 45.0 Å². The maximum Gasteiger partial charge on any atom is 0.139 e. The fourth-order valence-electron chi connectivity index (χ4n) is 2.12. The van der Waals surface area contributed by atoms with Crippen LogP contribution in [0.15, 0.2) is 18.5 Å². The molecule has 2 heterocycles.